The fourth-order valence-corrected chi connectivity index (χ4v) is 3.63. The van der Waals surface area contributed by atoms with E-state index in [1.54, 1.807) is 6.26 Å². The van der Waals surface area contributed by atoms with Crippen molar-refractivity contribution < 1.29 is 9.52 Å². The summed E-state index contributed by atoms with van der Waals surface area (Å²) in [6, 6.07) is 5.96. The van der Waals surface area contributed by atoms with Crippen molar-refractivity contribution in [3.63, 3.8) is 0 Å². The summed E-state index contributed by atoms with van der Waals surface area (Å²) < 4.78 is 7.42. The third kappa shape index (κ3) is 5.31. The molecule has 0 amide bonds. The number of aliphatic hydroxyl groups is 1. The zero-order chi connectivity index (χ0) is 17.6. The van der Waals surface area contributed by atoms with Gasteiger partial charge in [-0.1, -0.05) is 12.2 Å². The molecule has 1 N–H and O–H groups in total. The molecule has 0 spiro atoms. The van der Waals surface area contributed by atoms with Gasteiger partial charge in [-0.15, -0.1) is 0 Å². The number of hydrogen-bond donors (Lipinski definition) is 1. The quantitative estimate of drug-likeness (QED) is 0.747. The Balaban J connectivity index is 1.61. The van der Waals surface area contributed by atoms with Gasteiger partial charge in [0.15, 0.2) is 0 Å². The Labute approximate surface area is 149 Å². The molecule has 2 atom stereocenters. The molecule has 25 heavy (non-hydrogen) atoms. The number of nitrogens with zero attached hydrogens (tertiary/aromatic N) is 3. The fraction of sp³-hybridized carbons (Fsp3) is 0.550. The molecule has 1 aliphatic rings. The predicted molar refractivity (Wildman–Crippen MR) is 98.2 cm³/mol. The molecule has 2 heterocycles. The molecule has 0 unspecified atom stereocenters. The molecular formula is C20H29N3O2. The highest BCUT2D eigenvalue weighted by Crippen LogP contribution is 2.20. The number of hydrogen-bond acceptors (Lipinski definition) is 4. The van der Waals surface area contributed by atoms with Crippen LogP contribution in [0.5, 0.6) is 0 Å². The number of furan rings is 1. The Morgan fingerprint density at radius 3 is 2.92 bits per heavy atom. The molecule has 0 radical (unpaired) electrons. The van der Waals surface area contributed by atoms with E-state index in [9.17, 15) is 5.11 Å². The first-order valence-corrected chi connectivity index (χ1v) is 9.19. The molecule has 5 nitrogen and oxygen atoms in total. The Morgan fingerprint density at radius 1 is 1.40 bits per heavy atom. The molecule has 2 aromatic heterocycles. The monoisotopic (exact) mass is 343 g/mol. The van der Waals surface area contributed by atoms with Crippen LogP contribution in [0.2, 0.25) is 0 Å². The van der Waals surface area contributed by atoms with Crippen LogP contribution in [0.25, 0.3) is 0 Å². The average molecular weight is 343 g/mol. The maximum atomic E-state index is 10.6. The highest BCUT2D eigenvalue weighted by molar-refractivity contribution is 5.06. The van der Waals surface area contributed by atoms with Crippen LogP contribution in [0.4, 0.5) is 0 Å². The molecule has 0 aromatic carbocycles. The van der Waals surface area contributed by atoms with Crippen molar-refractivity contribution in [1.29, 1.82) is 0 Å². The third-order valence-electron chi connectivity index (χ3n) is 4.81. The second kappa shape index (κ2) is 8.50. The van der Waals surface area contributed by atoms with E-state index in [-0.39, 0.29) is 0 Å². The van der Waals surface area contributed by atoms with Crippen molar-refractivity contribution in [2.24, 2.45) is 5.92 Å². The number of allylic oxidation sites excluding steroid dienone is 2. The van der Waals surface area contributed by atoms with Crippen LogP contribution in [-0.2, 0) is 13.1 Å². The van der Waals surface area contributed by atoms with Crippen LogP contribution in [-0.4, -0.2) is 39.0 Å². The molecule has 1 aliphatic carbocycles. The van der Waals surface area contributed by atoms with Crippen LogP contribution < -0.4 is 0 Å². The first-order valence-electron chi connectivity index (χ1n) is 9.19. The van der Waals surface area contributed by atoms with E-state index in [4.69, 9.17) is 4.42 Å². The number of aromatic nitrogens is 2. The van der Waals surface area contributed by atoms with Gasteiger partial charge in [-0.3, -0.25) is 9.58 Å². The van der Waals surface area contributed by atoms with Crippen LogP contribution in [0, 0.1) is 19.8 Å². The lowest BCUT2D eigenvalue weighted by molar-refractivity contribution is 0.0779. The maximum absolute atomic E-state index is 10.6. The van der Waals surface area contributed by atoms with Gasteiger partial charge < -0.3 is 9.52 Å². The smallest absolute Gasteiger partial charge is 0.117 e. The van der Waals surface area contributed by atoms with Crippen LogP contribution >= 0.6 is 0 Å². The highest BCUT2D eigenvalue weighted by atomic mass is 16.3. The summed E-state index contributed by atoms with van der Waals surface area (Å²) >= 11 is 0. The molecule has 0 bridgehead atoms. The molecule has 0 saturated heterocycles. The van der Waals surface area contributed by atoms with E-state index in [0.717, 1.165) is 43.1 Å². The lowest BCUT2D eigenvalue weighted by atomic mass is 9.94. The summed E-state index contributed by atoms with van der Waals surface area (Å²) in [6.45, 7) is 6.89. The average Bonchev–Trinajstić information content (AvgIpc) is 3.18. The van der Waals surface area contributed by atoms with Gasteiger partial charge in [0.1, 0.15) is 5.76 Å². The standard InChI is InChI=1S/C20H29N3O2/c1-16-11-17(2)23(21-16)14-19(24)13-22(15-20-9-6-10-25-20)12-18-7-4-3-5-8-18/h3-4,6,9-11,18-19,24H,5,7-8,12-15H2,1-2H3/t18-,19-/m1/s1. The minimum absolute atomic E-state index is 0.452. The minimum Gasteiger partial charge on any atom is -0.468 e. The molecular weight excluding hydrogens is 314 g/mol. The maximum Gasteiger partial charge on any atom is 0.117 e. The van der Waals surface area contributed by atoms with Gasteiger partial charge in [0.05, 0.1) is 31.2 Å². The van der Waals surface area contributed by atoms with E-state index in [1.165, 1.54) is 6.42 Å². The fourth-order valence-electron chi connectivity index (χ4n) is 3.63. The molecule has 0 fully saturated rings. The van der Waals surface area contributed by atoms with Crippen molar-refractivity contribution in [2.75, 3.05) is 13.1 Å². The minimum atomic E-state index is -0.452. The van der Waals surface area contributed by atoms with Crippen molar-refractivity contribution >= 4 is 0 Å². The first-order chi connectivity index (χ1) is 12.1. The topological polar surface area (TPSA) is 54.4 Å². The molecule has 136 valence electrons. The molecule has 3 rings (SSSR count). The lowest BCUT2D eigenvalue weighted by Crippen LogP contribution is -2.38. The van der Waals surface area contributed by atoms with Crippen molar-refractivity contribution in [3.8, 4) is 0 Å². The second-order valence-electron chi connectivity index (χ2n) is 7.19. The third-order valence-corrected chi connectivity index (χ3v) is 4.81. The second-order valence-corrected chi connectivity index (χ2v) is 7.19. The van der Waals surface area contributed by atoms with Gasteiger partial charge in [0.25, 0.3) is 0 Å². The highest BCUT2D eigenvalue weighted by Gasteiger charge is 2.19. The van der Waals surface area contributed by atoms with Crippen LogP contribution in [0.3, 0.4) is 0 Å². The largest absolute Gasteiger partial charge is 0.468 e. The van der Waals surface area contributed by atoms with Crippen molar-refractivity contribution in [3.05, 3.63) is 53.8 Å². The SMILES string of the molecule is Cc1cc(C)n(C[C@H](O)CN(Cc2ccco2)C[C@@H]2CC=CCC2)n1. The number of rotatable bonds is 8. The molecule has 5 heteroatoms. The lowest BCUT2D eigenvalue weighted by Gasteiger charge is -2.29. The summed E-state index contributed by atoms with van der Waals surface area (Å²) in [5, 5.41) is 15.1. The Hall–Kier alpha value is -1.85. The Morgan fingerprint density at radius 2 is 2.28 bits per heavy atom. The van der Waals surface area contributed by atoms with Gasteiger partial charge in [0.2, 0.25) is 0 Å². The normalized spacial score (nSPS) is 18.8. The van der Waals surface area contributed by atoms with Crippen LogP contribution in [0.15, 0.2) is 41.0 Å². The van der Waals surface area contributed by atoms with Crippen molar-refractivity contribution in [1.82, 2.24) is 14.7 Å². The Kier molecular flexibility index (Phi) is 6.10. The molecule has 0 saturated carbocycles. The predicted octanol–water partition coefficient (Wildman–Crippen LogP) is 3.31. The molecule has 2 aromatic rings. The summed E-state index contributed by atoms with van der Waals surface area (Å²) in [6.07, 6.45) is 9.32. The summed E-state index contributed by atoms with van der Waals surface area (Å²) in [5.41, 5.74) is 2.08. The Bertz CT molecular complexity index is 675. The van der Waals surface area contributed by atoms with Gasteiger partial charge in [-0.05, 0) is 57.2 Å². The number of aliphatic hydroxyl groups excluding tert-OH is 1. The van der Waals surface area contributed by atoms with Crippen LogP contribution in [0.1, 0.15) is 36.4 Å². The zero-order valence-electron chi connectivity index (χ0n) is 15.3. The van der Waals surface area contributed by atoms with E-state index < -0.39 is 6.10 Å². The number of aryl methyl sites for hydroxylation is 2. The van der Waals surface area contributed by atoms with E-state index in [0.29, 0.717) is 19.0 Å². The zero-order valence-corrected chi connectivity index (χ0v) is 15.3. The van der Waals surface area contributed by atoms with Gasteiger partial charge in [-0.25, -0.2) is 0 Å². The summed E-state index contributed by atoms with van der Waals surface area (Å²) in [7, 11) is 0. The summed E-state index contributed by atoms with van der Waals surface area (Å²) in [5.74, 6) is 1.60. The van der Waals surface area contributed by atoms with Crippen molar-refractivity contribution in [2.45, 2.75) is 52.3 Å². The van der Waals surface area contributed by atoms with E-state index >= 15 is 0 Å². The molecule has 0 aliphatic heterocycles. The van der Waals surface area contributed by atoms with Gasteiger partial charge in [-0.2, -0.15) is 5.10 Å². The summed E-state index contributed by atoms with van der Waals surface area (Å²) in [4.78, 5) is 2.32. The van der Waals surface area contributed by atoms with E-state index in [2.05, 4.69) is 22.2 Å². The van der Waals surface area contributed by atoms with Gasteiger partial charge >= 0.3 is 0 Å². The van der Waals surface area contributed by atoms with Gasteiger partial charge in [0, 0.05) is 18.8 Å². The first kappa shape index (κ1) is 18.0. The van der Waals surface area contributed by atoms with E-state index in [1.807, 2.05) is 36.7 Å².